The minimum atomic E-state index is -2.47. The van der Waals surface area contributed by atoms with Crippen LogP contribution in [0.1, 0.15) is 6.42 Å². The highest BCUT2D eigenvalue weighted by Gasteiger charge is 2.14. The van der Waals surface area contributed by atoms with Gasteiger partial charge in [0.05, 0.1) is 12.1 Å². The van der Waals surface area contributed by atoms with E-state index in [4.69, 9.17) is 15.5 Å². The lowest BCUT2D eigenvalue weighted by Gasteiger charge is -2.10. The van der Waals surface area contributed by atoms with E-state index < -0.39 is 13.4 Å². The topological polar surface area (TPSA) is 76.1 Å². The first-order valence-electron chi connectivity index (χ1n) is 3.29. The zero-order valence-electron chi connectivity index (χ0n) is 6.78. The molecule has 2 N–H and O–H groups in total. The van der Waals surface area contributed by atoms with Gasteiger partial charge in [-0.1, -0.05) is 0 Å². The molecule has 0 heterocycles. The van der Waals surface area contributed by atoms with Crippen molar-refractivity contribution < 1.29 is 9.09 Å². The van der Waals surface area contributed by atoms with Gasteiger partial charge in [0.15, 0.2) is 7.37 Å². The SMILES string of the molecule is COP(C)(=O)CCC(N)C#N. The lowest BCUT2D eigenvalue weighted by Crippen LogP contribution is -2.18. The number of nitrogens with two attached hydrogens (primary N) is 1. The van der Waals surface area contributed by atoms with Crippen molar-refractivity contribution in [1.29, 1.82) is 5.26 Å². The van der Waals surface area contributed by atoms with E-state index in [9.17, 15) is 4.57 Å². The van der Waals surface area contributed by atoms with Crippen LogP contribution in [-0.2, 0) is 9.09 Å². The van der Waals surface area contributed by atoms with Crippen molar-refractivity contribution in [2.24, 2.45) is 5.73 Å². The molecule has 0 aliphatic carbocycles. The average Bonchev–Trinajstić information content (AvgIpc) is 2.00. The molecule has 0 bridgehead atoms. The lowest BCUT2D eigenvalue weighted by molar-refractivity contribution is 0.397. The van der Waals surface area contributed by atoms with Gasteiger partial charge in [-0.15, -0.1) is 0 Å². The Kier molecular flexibility index (Phi) is 4.36. The Labute approximate surface area is 66.8 Å². The van der Waals surface area contributed by atoms with Crippen LogP contribution in [0.4, 0.5) is 0 Å². The average molecular weight is 176 g/mol. The summed E-state index contributed by atoms with van der Waals surface area (Å²) in [6, 6.07) is 1.33. The van der Waals surface area contributed by atoms with Gasteiger partial charge in [-0.05, 0) is 6.42 Å². The van der Waals surface area contributed by atoms with E-state index in [1.807, 2.05) is 6.07 Å². The maximum atomic E-state index is 11.2. The summed E-state index contributed by atoms with van der Waals surface area (Å²) >= 11 is 0. The predicted octanol–water partition coefficient (Wildman–Crippen LogP) is 0.782. The largest absolute Gasteiger partial charge is 0.332 e. The van der Waals surface area contributed by atoms with Crippen LogP contribution < -0.4 is 5.73 Å². The molecular weight excluding hydrogens is 163 g/mol. The van der Waals surface area contributed by atoms with E-state index in [0.29, 0.717) is 12.6 Å². The summed E-state index contributed by atoms with van der Waals surface area (Å²) < 4.78 is 15.9. The van der Waals surface area contributed by atoms with Gasteiger partial charge < -0.3 is 10.3 Å². The highest BCUT2D eigenvalue weighted by molar-refractivity contribution is 7.58. The van der Waals surface area contributed by atoms with Crippen LogP contribution >= 0.6 is 7.37 Å². The van der Waals surface area contributed by atoms with E-state index in [0.717, 1.165) is 0 Å². The van der Waals surface area contributed by atoms with Crippen molar-refractivity contribution in [3.63, 3.8) is 0 Å². The van der Waals surface area contributed by atoms with Crippen LogP contribution in [0.25, 0.3) is 0 Å². The van der Waals surface area contributed by atoms with Gasteiger partial charge >= 0.3 is 0 Å². The summed E-state index contributed by atoms with van der Waals surface area (Å²) in [6.07, 6.45) is 0.802. The molecule has 2 atom stereocenters. The second kappa shape index (κ2) is 4.50. The minimum Gasteiger partial charge on any atom is -0.332 e. The molecule has 11 heavy (non-hydrogen) atoms. The zero-order chi connectivity index (χ0) is 8.91. The Balaban J connectivity index is 3.72. The van der Waals surface area contributed by atoms with Crippen LogP contribution in [0, 0.1) is 11.3 Å². The summed E-state index contributed by atoms with van der Waals surface area (Å²) in [5, 5.41) is 8.30. The molecule has 0 radical (unpaired) electrons. The van der Waals surface area contributed by atoms with Crippen molar-refractivity contribution >= 4 is 7.37 Å². The molecule has 2 unspecified atom stereocenters. The zero-order valence-corrected chi connectivity index (χ0v) is 7.67. The Bertz CT molecular complexity index is 199. The van der Waals surface area contributed by atoms with Crippen molar-refractivity contribution in [2.45, 2.75) is 12.5 Å². The number of rotatable bonds is 4. The van der Waals surface area contributed by atoms with E-state index in [1.54, 1.807) is 0 Å². The first-order valence-corrected chi connectivity index (χ1v) is 5.55. The fraction of sp³-hybridized carbons (Fsp3) is 0.833. The molecule has 0 saturated carbocycles. The normalized spacial score (nSPS) is 18.4. The van der Waals surface area contributed by atoms with Gasteiger partial charge in [0.1, 0.15) is 0 Å². The summed E-state index contributed by atoms with van der Waals surface area (Å²) in [7, 11) is -1.07. The molecular formula is C6H13N2O2P. The molecule has 0 aliphatic heterocycles. The van der Waals surface area contributed by atoms with Crippen LogP contribution in [-0.4, -0.2) is 26.0 Å². The summed E-state index contributed by atoms with van der Waals surface area (Å²) in [6.45, 7) is 1.54. The first-order chi connectivity index (χ1) is 5.02. The minimum absolute atomic E-state index is 0.373. The van der Waals surface area contributed by atoms with Crippen molar-refractivity contribution in [2.75, 3.05) is 19.9 Å². The van der Waals surface area contributed by atoms with Crippen molar-refractivity contribution in [3.8, 4) is 6.07 Å². The summed E-state index contributed by atoms with van der Waals surface area (Å²) in [4.78, 5) is 0. The smallest absolute Gasteiger partial charge is 0.200 e. The monoisotopic (exact) mass is 176 g/mol. The molecule has 0 aliphatic rings. The van der Waals surface area contributed by atoms with Crippen molar-refractivity contribution in [1.82, 2.24) is 0 Å². The number of nitrogens with zero attached hydrogens (tertiary/aromatic N) is 1. The van der Waals surface area contributed by atoms with E-state index >= 15 is 0 Å². The van der Waals surface area contributed by atoms with Gasteiger partial charge in [-0.2, -0.15) is 5.26 Å². The maximum Gasteiger partial charge on any atom is 0.200 e. The summed E-state index contributed by atoms with van der Waals surface area (Å²) in [5.41, 5.74) is 5.30. The third-order valence-corrected chi connectivity index (χ3v) is 3.24. The molecule has 64 valence electrons. The van der Waals surface area contributed by atoms with Gasteiger partial charge in [-0.25, -0.2) is 0 Å². The Hall–Kier alpha value is -0.360. The highest BCUT2D eigenvalue weighted by atomic mass is 31.2. The Morgan fingerprint density at radius 3 is 2.73 bits per heavy atom. The summed E-state index contributed by atoms with van der Waals surface area (Å²) in [5.74, 6) is 0. The molecule has 0 amide bonds. The molecule has 0 aromatic heterocycles. The van der Waals surface area contributed by atoms with E-state index in [-0.39, 0.29) is 0 Å². The molecule has 4 nitrogen and oxygen atoms in total. The number of hydrogen-bond donors (Lipinski definition) is 1. The van der Waals surface area contributed by atoms with Gasteiger partial charge in [0, 0.05) is 19.9 Å². The third-order valence-electron chi connectivity index (χ3n) is 1.40. The molecule has 5 heteroatoms. The molecule has 0 aromatic carbocycles. The Morgan fingerprint density at radius 2 is 2.36 bits per heavy atom. The van der Waals surface area contributed by atoms with Gasteiger partial charge in [0.2, 0.25) is 0 Å². The van der Waals surface area contributed by atoms with Gasteiger partial charge in [-0.3, -0.25) is 4.57 Å². The standard InChI is InChI=1S/C6H13N2O2P/c1-10-11(2,9)4-3-6(8)5-7/h6H,3-4,8H2,1-2H3. The quantitative estimate of drug-likeness (QED) is 0.642. The van der Waals surface area contributed by atoms with Crippen LogP contribution in [0.2, 0.25) is 0 Å². The van der Waals surface area contributed by atoms with Crippen LogP contribution in [0.15, 0.2) is 0 Å². The highest BCUT2D eigenvalue weighted by Crippen LogP contribution is 2.41. The van der Waals surface area contributed by atoms with Gasteiger partial charge in [0.25, 0.3) is 0 Å². The van der Waals surface area contributed by atoms with Crippen LogP contribution in [0.3, 0.4) is 0 Å². The molecule has 0 saturated heterocycles. The second-order valence-electron chi connectivity index (χ2n) is 2.44. The van der Waals surface area contributed by atoms with E-state index in [2.05, 4.69) is 0 Å². The van der Waals surface area contributed by atoms with E-state index in [1.165, 1.54) is 13.8 Å². The first kappa shape index (κ1) is 10.6. The molecule has 0 spiro atoms. The van der Waals surface area contributed by atoms with Crippen molar-refractivity contribution in [3.05, 3.63) is 0 Å². The second-order valence-corrected chi connectivity index (χ2v) is 5.29. The molecule has 0 rings (SSSR count). The maximum absolute atomic E-state index is 11.2. The van der Waals surface area contributed by atoms with Crippen LogP contribution in [0.5, 0.6) is 0 Å². The Morgan fingerprint density at radius 1 is 1.82 bits per heavy atom. The number of nitriles is 1. The molecule has 0 fully saturated rings. The predicted molar refractivity (Wildman–Crippen MR) is 43.6 cm³/mol. The molecule has 0 aromatic rings. The number of hydrogen-bond acceptors (Lipinski definition) is 4. The fourth-order valence-corrected chi connectivity index (χ4v) is 1.46. The third kappa shape index (κ3) is 4.97. The fourth-order valence-electron chi connectivity index (χ4n) is 0.529. The lowest BCUT2D eigenvalue weighted by atomic mass is 10.3.